The lowest BCUT2D eigenvalue weighted by Gasteiger charge is -2.13. The molecule has 2 aromatic heterocycles. The molecule has 0 bridgehead atoms. The highest BCUT2D eigenvalue weighted by molar-refractivity contribution is 6.28. The number of hydrogen-bond acceptors (Lipinski definition) is 6. The van der Waals surface area contributed by atoms with Crippen LogP contribution in [-0.2, 0) is 4.74 Å². The van der Waals surface area contributed by atoms with Crippen molar-refractivity contribution in [2.75, 3.05) is 12.3 Å². The second-order valence-electron chi connectivity index (χ2n) is 3.83. The van der Waals surface area contributed by atoms with Crippen molar-refractivity contribution in [1.29, 1.82) is 0 Å². The Hall–Kier alpha value is -1.70. The smallest absolute Gasteiger partial charge is 0.226 e. The van der Waals surface area contributed by atoms with Gasteiger partial charge in [-0.3, -0.25) is 4.57 Å². The quantitative estimate of drug-likeness (QED) is 0.607. The second-order valence-corrected chi connectivity index (χ2v) is 4.17. The third-order valence-electron chi connectivity index (χ3n) is 2.68. The van der Waals surface area contributed by atoms with Gasteiger partial charge in [-0.2, -0.15) is 9.97 Å². The number of rotatable bonds is 2. The van der Waals surface area contributed by atoms with Crippen molar-refractivity contribution in [3.8, 4) is 0 Å². The van der Waals surface area contributed by atoms with Crippen LogP contribution in [0.1, 0.15) is 6.23 Å². The van der Waals surface area contributed by atoms with E-state index in [0.29, 0.717) is 11.2 Å². The van der Waals surface area contributed by atoms with Gasteiger partial charge in [-0.05, 0) is 17.7 Å². The highest BCUT2D eigenvalue weighted by atomic mass is 35.5. The molecule has 0 aliphatic carbocycles. The van der Waals surface area contributed by atoms with Crippen molar-refractivity contribution in [2.45, 2.75) is 12.3 Å². The predicted octanol–water partition coefficient (Wildman–Crippen LogP) is 0.508. The molecular formula is C10H10ClN5O2. The third kappa shape index (κ3) is 1.72. The molecule has 3 heterocycles. The van der Waals surface area contributed by atoms with Crippen LogP contribution in [-0.4, -0.2) is 37.3 Å². The normalized spacial score (nSPS) is 23.0. The summed E-state index contributed by atoms with van der Waals surface area (Å²) in [6.07, 6.45) is 4.46. The molecule has 0 fully saturated rings. The minimum absolute atomic E-state index is 0.0578. The van der Waals surface area contributed by atoms with Crippen molar-refractivity contribution < 1.29 is 9.84 Å². The summed E-state index contributed by atoms with van der Waals surface area (Å²) < 4.78 is 7.25. The Balaban J connectivity index is 2.06. The van der Waals surface area contributed by atoms with Gasteiger partial charge < -0.3 is 15.6 Å². The van der Waals surface area contributed by atoms with Gasteiger partial charge >= 0.3 is 0 Å². The zero-order chi connectivity index (χ0) is 12.7. The van der Waals surface area contributed by atoms with Crippen LogP contribution in [0.4, 0.5) is 5.82 Å². The maximum Gasteiger partial charge on any atom is 0.226 e. The number of halogens is 1. The van der Waals surface area contributed by atoms with E-state index in [1.54, 1.807) is 17.0 Å². The van der Waals surface area contributed by atoms with E-state index in [-0.39, 0.29) is 30.0 Å². The molecule has 0 unspecified atom stereocenters. The topological polar surface area (TPSA) is 99.1 Å². The van der Waals surface area contributed by atoms with Crippen LogP contribution >= 0.6 is 11.6 Å². The monoisotopic (exact) mass is 267 g/mol. The summed E-state index contributed by atoms with van der Waals surface area (Å²) >= 11 is 5.77. The highest BCUT2D eigenvalue weighted by Crippen LogP contribution is 2.26. The maximum absolute atomic E-state index is 9.01. The molecule has 0 saturated carbocycles. The molecule has 0 radical (unpaired) electrons. The van der Waals surface area contributed by atoms with Crippen molar-refractivity contribution in [2.24, 2.45) is 0 Å². The Morgan fingerprint density at radius 3 is 3.00 bits per heavy atom. The lowest BCUT2D eigenvalue weighted by atomic mass is 10.4. The van der Waals surface area contributed by atoms with E-state index in [9.17, 15) is 0 Å². The molecule has 0 amide bonds. The summed E-state index contributed by atoms with van der Waals surface area (Å²) in [6.45, 7) is -0.0719. The van der Waals surface area contributed by atoms with Crippen LogP contribution in [0, 0.1) is 0 Å². The maximum atomic E-state index is 9.01. The Morgan fingerprint density at radius 1 is 1.44 bits per heavy atom. The van der Waals surface area contributed by atoms with E-state index in [1.807, 2.05) is 6.08 Å². The fourth-order valence-corrected chi connectivity index (χ4v) is 2.02. The molecule has 0 aromatic carbocycles. The van der Waals surface area contributed by atoms with Gasteiger partial charge in [0.05, 0.1) is 12.9 Å². The molecule has 7 nitrogen and oxygen atoms in total. The summed E-state index contributed by atoms with van der Waals surface area (Å²) in [7, 11) is 0. The Morgan fingerprint density at radius 2 is 2.28 bits per heavy atom. The first-order valence-corrected chi connectivity index (χ1v) is 5.67. The molecule has 0 saturated heterocycles. The number of imidazole rings is 1. The zero-order valence-corrected chi connectivity index (χ0v) is 9.95. The third-order valence-corrected chi connectivity index (χ3v) is 2.85. The zero-order valence-electron chi connectivity index (χ0n) is 9.19. The van der Waals surface area contributed by atoms with Gasteiger partial charge in [0.1, 0.15) is 11.6 Å². The fraction of sp³-hybridized carbons (Fsp3) is 0.300. The molecule has 0 spiro atoms. The van der Waals surface area contributed by atoms with E-state index in [4.69, 9.17) is 27.2 Å². The fourth-order valence-electron chi connectivity index (χ4n) is 1.85. The number of nitrogens with zero attached hydrogens (tertiary/aromatic N) is 4. The molecule has 8 heteroatoms. The molecule has 2 atom stereocenters. The van der Waals surface area contributed by atoms with E-state index < -0.39 is 0 Å². The van der Waals surface area contributed by atoms with E-state index in [2.05, 4.69) is 15.0 Å². The number of hydrogen-bond donors (Lipinski definition) is 2. The van der Waals surface area contributed by atoms with Gasteiger partial charge in [-0.1, -0.05) is 6.08 Å². The van der Waals surface area contributed by atoms with Crippen molar-refractivity contribution >= 4 is 28.6 Å². The summed E-state index contributed by atoms with van der Waals surface area (Å²) in [6, 6.07) is 0. The summed E-state index contributed by atoms with van der Waals surface area (Å²) in [5, 5.41) is 9.07. The van der Waals surface area contributed by atoms with Crippen molar-refractivity contribution in [1.82, 2.24) is 19.5 Å². The van der Waals surface area contributed by atoms with Crippen LogP contribution in [0.15, 0.2) is 18.5 Å². The number of aromatic nitrogens is 4. The largest absolute Gasteiger partial charge is 0.393 e. The minimum atomic E-state index is -0.377. The van der Waals surface area contributed by atoms with Gasteiger partial charge in [0.25, 0.3) is 0 Å². The first-order valence-electron chi connectivity index (χ1n) is 5.29. The van der Waals surface area contributed by atoms with Crippen LogP contribution in [0.2, 0.25) is 5.28 Å². The lowest BCUT2D eigenvalue weighted by Crippen LogP contribution is -2.15. The number of fused-ring (bicyclic) bond motifs is 1. The Bertz CT molecular complexity index is 626. The van der Waals surface area contributed by atoms with Gasteiger partial charge in [0.15, 0.2) is 17.7 Å². The number of nitrogen functional groups attached to an aromatic ring is 1. The molecule has 1 aliphatic heterocycles. The lowest BCUT2D eigenvalue weighted by molar-refractivity contribution is -0.00638. The molecule has 18 heavy (non-hydrogen) atoms. The summed E-state index contributed by atoms with van der Waals surface area (Å²) in [4.78, 5) is 12.1. The van der Waals surface area contributed by atoms with Gasteiger partial charge in [-0.25, -0.2) is 4.98 Å². The van der Waals surface area contributed by atoms with Crippen LogP contribution in [0.25, 0.3) is 11.2 Å². The number of nitrogens with two attached hydrogens (primary N) is 1. The predicted molar refractivity (Wildman–Crippen MR) is 64.9 cm³/mol. The van der Waals surface area contributed by atoms with Crippen molar-refractivity contribution in [3.05, 3.63) is 23.8 Å². The van der Waals surface area contributed by atoms with Crippen LogP contribution < -0.4 is 5.73 Å². The molecule has 94 valence electrons. The van der Waals surface area contributed by atoms with Gasteiger partial charge in [-0.15, -0.1) is 0 Å². The number of aliphatic hydroxyl groups excluding tert-OH is 1. The second kappa shape index (κ2) is 4.20. The Kier molecular flexibility index (Phi) is 2.66. The minimum Gasteiger partial charge on any atom is -0.393 e. The van der Waals surface area contributed by atoms with E-state index >= 15 is 0 Å². The van der Waals surface area contributed by atoms with Crippen LogP contribution in [0.5, 0.6) is 0 Å². The molecule has 3 N–H and O–H groups in total. The average molecular weight is 268 g/mol. The van der Waals surface area contributed by atoms with Crippen molar-refractivity contribution in [3.63, 3.8) is 0 Å². The summed E-state index contributed by atoms with van der Waals surface area (Å²) in [5.41, 5.74) is 6.69. The first kappa shape index (κ1) is 11.4. The SMILES string of the molecule is Nc1nc(Cl)nc2c1ncn2[C@H]1C=C[C@@H](CO)O1. The standard InChI is InChI=1S/C10H10ClN5O2/c11-10-14-8(12)7-9(15-10)16(4-13-7)6-2-1-5(3-17)18-6/h1-2,4-6,17H,3H2,(H2,12,14,15)/t5-,6+/m0/s1. The highest BCUT2D eigenvalue weighted by Gasteiger charge is 2.22. The molecule has 3 rings (SSSR count). The van der Waals surface area contributed by atoms with Gasteiger partial charge in [0.2, 0.25) is 5.28 Å². The van der Waals surface area contributed by atoms with Gasteiger partial charge in [0, 0.05) is 0 Å². The Labute approximate surface area is 107 Å². The van der Waals surface area contributed by atoms with Crippen LogP contribution in [0.3, 0.4) is 0 Å². The molecular weight excluding hydrogens is 258 g/mol. The number of ether oxygens (including phenoxy) is 1. The first-order chi connectivity index (χ1) is 8.69. The molecule has 1 aliphatic rings. The summed E-state index contributed by atoms with van der Waals surface area (Å²) in [5.74, 6) is 0.226. The van der Waals surface area contributed by atoms with E-state index in [1.165, 1.54) is 0 Å². The van der Waals surface area contributed by atoms with E-state index in [0.717, 1.165) is 0 Å². The molecule has 2 aromatic rings. The number of aliphatic hydroxyl groups is 1. The average Bonchev–Trinajstić information content (AvgIpc) is 2.93. The number of anilines is 1.